The van der Waals surface area contributed by atoms with Crippen LogP contribution in [0, 0.1) is 0 Å². The Morgan fingerprint density at radius 2 is 2.05 bits per heavy atom. The van der Waals surface area contributed by atoms with Crippen LogP contribution in [0.1, 0.15) is 35.7 Å². The number of methoxy groups -OCH3 is 2. The first-order valence-electron chi connectivity index (χ1n) is 6.21. The molecule has 1 fully saturated rings. The highest BCUT2D eigenvalue weighted by atomic mass is 16.5. The fourth-order valence-corrected chi connectivity index (χ4v) is 2.48. The molecule has 2 rings (SSSR count). The third-order valence-corrected chi connectivity index (χ3v) is 3.91. The van der Waals surface area contributed by atoms with Crippen molar-refractivity contribution in [2.75, 3.05) is 14.2 Å². The topological polar surface area (TPSA) is 81.8 Å². The van der Waals surface area contributed by atoms with Gasteiger partial charge in [0.05, 0.1) is 19.8 Å². The van der Waals surface area contributed by atoms with E-state index in [1.165, 1.54) is 20.3 Å². The second-order valence-electron chi connectivity index (χ2n) is 5.01. The molecule has 104 valence electrons. The van der Waals surface area contributed by atoms with Gasteiger partial charge in [-0.3, -0.25) is 0 Å². The van der Waals surface area contributed by atoms with Gasteiger partial charge in [-0.05, 0) is 31.9 Å². The van der Waals surface area contributed by atoms with Crippen molar-refractivity contribution < 1.29 is 19.4 Å². The number of carbonyl (C=O) groups is 1. The van der Waals surface area contributed by atoms with Gasteiger partial charge in [-0.2, -0.15) is 0 Å². The lowest BCUT2D eigenvalue weighted by atomic mass is 9.87. The van der Waals surface area contributed by atoms with Crippen LogP contribution in [0.25, 0.3) is 0 Å². The normalized spacial score (nSPS) is 17.7. The highest BCUT2D eigenvalue weighted by Gasteiger charge is 2.49. The molecule has 1 unspecified atom stereocenters. The predicted octanol–water partition coefficient (Wildman–Crippen LogP) is 1.57. The summed E-state index contributed by atoms with van der Waals surface area (Å²) in [5.41, 5.74) is 6.78. The molecule has 0 spiro atoms. The first kappa shape index (κ1) is 13.7. The maximum atomic E-state index is 11.7. The Hall–Kier alpha value is -1.75. The molecule has 5 nitrogen and oxygen atoms in total. The van der Waals surface area contributed by atoms with Crippen molar-refractivity contribution in [2.45, 2.75) is 31.2 Å². The highest BCUT2D eigenvalue weighted by Crippen LogP contribution is 2.55. The fourth-order valence-electron chi connectivity index (χ4n) is 2.48. The Labute approximate surface area is 112 Å². The molecular formula is C14H19NO4. The number of rotatable bonds is 4. The summed E-state index contributed by atoms with van der Waals surface area (Å²) in [7, 11) is 2.77. The van der Waals surface area contributed by atoms with E-state index in [1.807, 2.05) is 6.92 Å². The number of carbonyl (C=O) groups excluding carboxylic acids is 1. The van der Waals surface area contributed by atoms with E-state index in [9.17, 15) is 9.90 Å². The van der Waals surface area contributed by atoms with E-state index < -0.39 is 5.97 Å². The number of hydrogen-bond donors (Lipinski definition) is 2. The van der Waals surface area contributed by atoms with Crippen molar-refractivity contribution >= 4 is 5.97 Å². The monoisotopic (exact) mass is 265 g/mol. The van der Waals surface area contributed by atoms with Gasteiger partial charge < -0.3 is 20.3 Å². The first-order valence-corrected chi connectivity index (χ1v) is 6.21. The van der Waals surface area contributed by atoms with Crippen molar-refractivity contribution in [1.29, 1.82) is 0 Å². The smallest absolute Gasteiger partial charge is 0.337 e. The molecule has 0 radical (unpaired) electrons. The number of ether oxygens (including phenoxy) is 2. The van der Waals surface area contributed by atoms with Crippen molar-refractivity contribution in [3.63, 3.8) is 0 Å². The summed E-state index contributed by atoms with van der Waals surface area (Å²) in [5, 5.41) is 10.3. The van der Waals surface area contributed by atoms with Crippen LogP contribution in [0.3, 0.4) is 0 Å². The number of aromatic hydroxyl groups is 1. The second-order valence-corrected chi connectivity index (χ2v) is 5.01. The molecule has 0 heterocycles. The molecule has 3 N–H and O–H groups in total. The molecule has 1 atom stereocenters. The third-order valence-electron chi connectivity index (χ3n) is 3.91. The molecule has 0 aliphatic heterocycles. The number of hydrogen-bond acceptors (Lipinski definition) is 5. The Balaban J connectivity index is 2.57. The molecule has 0 saturated heterocycles. The second kappa shape index (κ2) is 4.74. The minimum Gasteiger partial charge on any atom is -0.504 e. The molecule has 0 aromatic heterocycles. The molecule has 0 amide bonds. The minimum atomic E-state index is -0.458. The quantitative estimate of drug-likeness (QED) is 0.807. The summed E-state index contributed by atoms with van der Waals surface area (Å²) in [5.74, 6) is -0.130. The van der Waals surface area contributed by atoms with Crippen LogP contribution in [-0.4, -0.2) is 31.3 Å². The molecular weight excluding hydrogens is 246 g/mol. The molecule has 0 bridgehead atoms. The van der Waals surface area contributed by atoms with E-state index in [-0.39, 0.29) is 23.0 Å². The number of esters is 1. The van der Waals surface area contributed by atoms with Gasteiger partial charge >= 0.3 is 5.97 Å². The van der Waals surface area contributed by atoms with Crippen molar-refractivity contribution in [2.24, 2.45) is 5.73 Å². The number of benzene rings is 1. The van der Waals surface area contributed by atoms with Gasteiger partial charge in [-0.15, -0.1) is 0 Å². The molecule has 1 aromatic carbocycles. The van der Waals surface area contributed by atoms with E-state index in [2.05, 4.69) is 0 Å². The van der Waals surface area contributed by atoms with Crippen LogP contribution in [-0.2, 0) is 10.2 Å². The van der Waals surface area contributed by atoms with Gasteiger partial charge in [0.15, 0.2) is 11.5 Å². The SMILES string of the molecule is COC(=O)c1cc(OC)c(O)c(C2(C(C)N)CC2)c1. The lowest BCUT2D eigenvalue weighted by molar-refractivity contribution is 0.0600. The summed E-state index contributed by atoms with van der Waals surface area (Å²) in [6.07, 6.45) is 1.79. The highest BCUT2D eigenvalue weighted by molar-refractivity contribution is 5.90. The van der Waals surface area contributed by atoms with Crippen LogP contribution in [0.5, 0.6) is 11.5 Å². The summed E-state index contributed by atoms with van der Waals surface area (Å²) in [6, 6.07) is 3.03. The zero-order chi connectivity index (χ0) is 14.2. The van der Waals surface area contributed by atoms with Crippen molar-refractivity contribution in [3.8, 4) is 11.5 Å². The van der Waals surface area contributed by atoms with Crippen LogP contribution < -0.4 is 10.5 Å². The Morgan fingerprint density at radius 1 is 1.42 bits per heavy atom. The predicted molar refractivity (Wildman–Crippen MR) is 70.6 cm³/mol. The molecule has 1 aliphatic rings. The maximum Gasteiger partial charge on any atom is 0.337 e. The van der Waals surface area contributed by atoms with Crippen molar-refractivity contribution in [3.05, 3.63) is 23.3 Å². The Morgan fingerprint density at radius 3 is 2.47 bits per heavy atom. The van der Waals surface area contributed by atoms with Crippen LogP contribution in [0.4, 0.5) is 0 Å². The molecule has 5 heteroatoms. The number of nitrogens with two attached hydrogens (primary N) is 1. The van der Waals surface area contributed by atoms with E-state index in [0.717, 1.165) is 12.8 Å². The standard InChI is InChI=1S/C14H19NO4/c1-8(15)14(4-5-14)10-6-9(13(17)19-3)7-11(18-2)12(10)16/h6-8,16H,4-5,15H2,1-3H3. The molecule has 1 saturated carbocycles. The fraction of sp³-hybridized carbons (Fsp3) is 0.500. The van der Waals surface area contributed by atoms with E-state index in [4.69, 9.17) is 15.2 Å². The van der Waals surface area contributed by atoms with Gasteiger partial charge in [0.25, 0.3) is 0 Å². The average Bonchev–Trinajstić information content (AvgIpc) is 3.19. The zero-order valence-corrected chi connectivity index (χ0v) is 11.4. The summed E-state index contributed by atoms with van der Waals surface area (Å²) >= 11 is 0. The lowest BCUT2D eigenvalue weighted by Crippen LogP contribution is -2.31. The third kappa shape index (κ3) is 2.14. The average molecular weight is 265 g/mol. The van der Waals surface area contributed by atoms with Gasteiger partial charge in [0.1, 0.15) is 0 Å². The molecule has 1 aliphatic carbocycles. The van der Waals surface area contributed by atoms with Gasteiger partial charge in [0.2, 0.25) is 0 Å². The number of phenols is 1. The van der Waals surface area contributed by atoms with Gasteiger partial charge in [-0.25, -0.2) is 4.79 Å². The largest absolute Gasteiger partial charge is 0.504 e. The molecule has 1 aromatic rings. The lowest BCUT2D eigenvalue weighted by Gasteiger charge is -2.23. The maximum absolute atomic E-state index is 11.7. The van der Waals surface area contributed by atoms with Crippen LogP contribution >= 0.6 is 0 Å². The van der Waals surface area contributed by atoms with E-state index in [1.54, 1.807) is 6.07 Å². The minimum absolute atomic E-state index is 0.0601. The van der Waals surface area contributed by atoms with Gasteiger partial charge in [-0.1, -0.05) is 0 Å². The summed E-state index contributed by atoms with van der Waals surface area (Å²) in [6.45, 7) is 1.91. The van der Waals surface area contributed by atoms with Crippen LogP contribution in [0.15, 0.2) is 12.1 Å². The Kier molecular flexibility index (Phi) is 3.41. The van der Waals surface area contributed by atoms with Crippen molar-refractivity contribution in [1.82, 2.24) is 0 Å². The summed E-state index contributed by atoms with van der Waals surface area (Å²) < 4.78 is 9.84. The van der Waals surface area contributed by atoms with E-state index in [0.29, 0.717) is 11.1 Å². The first-order chi connectivity index (χ1) is 8.96. The molecule has 19 heavy (non-hydrogen) atoms. The van der Waals surface area contributed by atoms with Gasteiger partial charge in [0, 0.05) is 17.0 Å². The number of phenolic OH excluding ortho intramolecular Hbond substituents is 1. The summed E-state index contributed by atoms with van der Waals surface area (Å²) in [4.78, 5) is 11.7. The van der Waals surface area contributed by atoms with E-state index >= 15 is 0 Å². The Bertz CT molecular complexity index is 506. The van der Waals surface area contributed by atoms with Crippen LogP contribution in [0.2, 0.25) is 0 Å². The zero-order valence-electron chi connectivity index (χ0n) is 11.4.